The predicted octanol–water partition coefficient (Wildman–Crippen LogP) is 3.26. The molecule has 0 bridgehead atoms. The number of carbonyl (C=O) groups excluding carboxylic acids is 1. The molecule has 0 atom stereocenters. The van der Waals surface area contributed by atoms with Crippen molar-refractivity contribution < 1.29 is 4.79 Å². The van der Waals surface area contributed by atoms with Crippen LogP contribution in [0.3, 0.4) is 0 Å². The van der Waals surface area contributed by atoms with Crippen molar-refractivity contribution in [1.29, 1.82) is 0 Å². The standard InChI is InChI=1S/C20H22Cl2N4O/c21-18-7-3-1-5-16(18)13-23-24-20(27)15-26-11-9-25(10-12-26)14-17-6-2-4-8-19(17)22/h1-8,13H,9-12,14-15H2,(H,24,27)/b23-13-. The zero-order valence-electron chi connectivity index (χ0n) is 14.9. The summed E-state index contributed by atoms with van der Waals surface area (Å²) >= 11 is 12.3. The lowest BCUT2D eigenvalue weighted by Crippen LogP contribution is -2.48. The van der Waals surface area contributed by atoms with Gasteiger partial charge in [-0.15, -0.1) is 0 Å². The summed E-state index contributed by atoms with van der Waals surface area (Å²) in [6.07, 6.45) is 1.56. The predicted molar refractivity (Wildman–Crippen MR) is 110 cm³/mol. The average Bonchev–Trinajstić information content (AvgIpc) is 2.67. The summed E-state index contributed by atoms with van der Waals surface area (Å²) < 4.78 is 0. The second kappa shape index (κ2) is 9.85. The molecule has 5 nitrogen and oxygen atoms in total. The first-order valence-electron chi connectivity index (χ1n) is 8.86. The smallest absolute Gasteiger partial charge is 0.254 e. The van der Waals surface area contributed by atoms with Crippen LogP contribution in [0.2, 0.25) is 10.0 Å². The summed E-state index contributed by atoms with van der Waals surface area (Å²) in [5, 5.41) is 5.39. The van der Waals surface area contributed by atoms with E-state index in [2.05, 4.69) is 26.4 Å². The molecule has 0 spiro atoms. The summed E-state index contributed by atoms with van der Waals surface area (Å²) in [5.74, 6) is -0.127. The van der Waals surface area contributed by atoms with Gasteiger partial charge in [0.15, 0.2) is 0 Å². The lowest BCUT2D eigenvalue weighted by molar-refractivity contribution is -0.122. The fraction of sp³-hybridized carbons (Fsp3) is 0.300. The number of carbonyl (C=O) groups is 1. The van der Waals surface area contributed by atoms with Crippen molar-refractivity contribution in [1.82, 2.24) is 15.2 Å². The fourth-order valence-corrected chi connectivity index (χ4v) is 3.35. The second-order valence-electron chi connectivity index (χ2n) is 6.46. The van der Waals surface area contributed by atoms with Gasteiger partial charge < -0.3 is 0 Å². The van der Waals surface area contributed by atoms with E-state index in [4.69, 9.17) is 23.2 Å². The van der Waals surface area contributed by atoms with Crippen molar-refractivity contribution in [3.05, 3.63) is 69.7 Å². The zero-order valence-corrected chi connectivity index (χ0v) is 16.5. The van der Waals surface area contributed by atoms with E-state index < -0.39 is 0 Å². The summed E-state index contributed by atoms with van der Waals surface area (Å²) in [6, 6.07) is 15.3. The Hall–Kier alpha value is -1.92. The van der Waals surface area contributed by atoms with Crippen LogP contribution in [0.1, 0.15) is 11.1 Å². The van der Waals surface area contributed by atoms with Gasteiger partial charge in [0, 0.05) is 48.3 Å². The third-order valence-electron chi connectivity index (χ3n) is 4.48. The number of rotatable bonds is 6. The molecule has 0 unspecified atom stereocenters. The first-order chi connectivity index (χ1) is 13.1. The van der Waals surface area contributed by atoms with Crippen LogP contribution in [0.25, 0.3) is 0 Å². The molecule has 7 heteroatoms. The van der Waals surface area contributed by atoms with Crippen molar-refractivity contribution in [3.8, 4) is 0 Å². The number of hydrazone groups is 1. The van der Waals surface area contributed by atoms with Gasteiger partial charge >= 0.3 is 0 Å². The molecule has 3 rings (SSSR count). The molecule has 1 saturated heterocycles. The lowest BCUT2D eigenvalue weighted by Gasteiger charge is -2.34. The Balaban J connectivity index is 1.40. The van der Waals surface area contributed by atoms with Gasteiger partial charge in [-0.3, -0.25) is 14.6 Å². The molecule has 1 fully saturated rings. The normalized spacial score (nSPS) is 15.9. The van der Waals surface area contributed by atoms with Crippen molar-refractivity contribution >= 4 is 35.3 Å². The summed E-state index contributed by atoms with van der Waals surface area (Å²) in [4.78, 5) is 16.6. The maximum atomic E-state index is 12.1. The van der Waals surface area contributed by atoms with Gasteiger partial charge in [0.05, 0.1) is 12.8 Å². The minimum atomic E-state index is -0.127. The van der Waals surface area contributed by atoms with E-state index >= 15 is 0 Å². The summed E-state index contributed by atoms with van der Waals surface area (Å²) in [6.45, 7) is 4.66. The van der Waals surface area contributed by atoms with Crippen LogP contribution < -0.4 is 5.43 Å². The molecule has 0 aliphatic carbocycles. The maximum absolute atomic E-state index is 12.1. The van der Waals surface area contributed by atoms with E-state index in [1.165, 1.54) is 0 Å². The van der Waals surface area contributed by atoms with Gasteiger partial charge in [-0.25, -0.2) is 5.43 Å². The van der Waals surface area contributed by atoms with Gasteiger partial charge in [0.1, 0.15) is 0 Å². The minimum Gasteiger partial charge on any atom is -0.296 e. The van der Waals surface area contributed by atoms with Gasteiger partial charge in [-0.2, -0.15) is 5.10 Å². The van der Waals surface area contributed by atoms with Crippen molar-refractivity contribution in [2.45, 2.75) is 6.54 Å². The summed E-state index contributed by atoms with van der Waals surface area (Å²) in [7, 11) is 0. The second-order valence-corrected chi connectivity index (χ2v) is 7.27. The molecule has 0 aromatic heterocycles. The van der Waals surface area contributed by atoms with Crippen LogP contribution >= 0.6 is 23.2 Å². The molecule has 1 aliphatic rings. The Morgan fingerprint density at radius 3 is 2.30 bits per heavy atom. The summed E-state index contributed by atoms with van der Waals surface area (Å²) in [5.41, 5.74) is 4.47. The third kappa shape index (κ3) is 6.04. The number of nitrogens with one attached hydrogen (secondary N) is 1. The Bertz CT molecular complexity index is 804. The van der Waals surface area contributed by atoms with Crippen molar-refractivity contribution in [3.63, 3.8) is 0 Å². The van der Waals surface area contributed by atoms with Crippen LogP contribution in [0, 0.1) is 0 Å². The zero-order chi connectivity index (χ0) is 19.1. The highest BCUT2D eigenvalue weighted by Crippen LogP contribution is 2.17. The van der Waals surface area contributed by atoms with E-state index in [0.29, 0.717) is 11.6 Å². The average molecular weight is 405 g/mol. The highest BCUT2D eigenvalue weighted by Gasteiger charge is 2.19. The molecular formula is C20H22Cl2N4O. The van der Waals surface area contributed by atoms with Gasteiger partial charge in [0.25, 0.3) is 5.91 Å². The van der Waals surface area contributed by atoms with Gasteiger partial charge in [0.2, 0.25) is 0 Å². The minimum absolute atomic E-state index is 0.127. The topological polar surface area (TPSA) is 47.9 Å². The number of hydrogen-bond acceptors (Lipinski definition) is 4. The van der Waals surface area contributed by atoms with Crippen LogP contribution in [-0.2, 0) is 11.3 Å². The molecule has 0 saturated carbocycles. The molecule has 0 radical (unpaired) electrons. The molecule has 1 amide bonds. The highest BCUT2D eigenvalue weighted by atomic mass is 35.5. The maximum Gasteiger partial charge on any atom is 0.254 e. The molecule has 1 aliphatic heterocycles. The van der Waals surface area contributed by atoms with Crippen molar-refractivity contribution in [2.75, 3.05) is 32.7 Å². The van der Waals surface area contributed by atoms with E-state index in [1.807, 2.05) is 36.4 Å². The molecule has 27 heavy (non-hydrogen) atoms. The van der Waals surface area contributed by atoms with Gasteiger partial charge in [-0.05, 0) is 17.7 Å². The van der Waals surface area contributed by atoms with Crippen LogP contribution in [0.4, 0.5) is 0 Å². The Labute approximate surface area is 169 Å². The number of amides is 1. The van der Waals surface area contributed by atoms with Crippen LogP contribution in [0.5, 0.6) is 0 Å². The first kappa shape index (κ1) is 19.8. The van der Waals surface area contributed by atoms with Gasteiger partial charge in [-0.1, -0.05) is 59.6 Å². The fourth-order valence-electron chi connectivity index (χ4n) is 2.97. The highest BCUT2D eigenvalue weighted by molar-refractivity contribution is 6.33. The molecule has 2 aromatic rings. The van der Waals surface area contributed by atoms with Crippen LogP contribution in [0.15, 0.2) is 53.6 Å². The molecule has 2 aromatic carbocycles. The van der Waals surface area contributed by atoms with Crippen molar-refractivity contribution in [2.24, 2.45) is 5.10 Å². The Morgan fingerprint density at radius 2 is 1.59 bits per heavy atom. The van der Waals surface area contributed by atoms with E-state index in [9.17, 15) is 4.79 Å². The third-order valence-corrected chi connectivity index (χ3v) is 5.19. The molecule has 1 heterocycles. The first-order valence-corrected chi connectivity index (χ1v) is 9.62. The number of benzene rings is 2. The lowest BCUT2D eigenvalue weighted by atomic mass is 10.2. The Morgan fingerprint density at radius 1 is 0.963 bits per heavy atom. The van der Waals surface area contributed by atoms with E-state index in [-0.39, 0.29) is 5.91 Å². The quantitative estimate of drug-likeness (QED) is 0.593. The monoisotopic (exact) mass is 404 g/mol. The van der Waals surface area contributed by atoms with E-state index in [0.717, 1.165) is 48.9 Å². The molecule has 1 N–H and O–H groups in total. The van der Waals surface area contributed by atoms with Crippen LogP contribution in [-0.4, -0.2) is 54.6 Å². The molecular weight excluding hydrogens is 383 g/mol. The number of nitrogens with zero attached hydrogens (tertiary/aromatic N) is 3. The Kier molecular flexibility index (Phi) is 7.24. The van der Waals surface area contributed by atoms with E-state index in [1.54, 1.807) is 12.3 Å². The SMILES string of the molecule is O=C(CN1CCN(Cc2ccccc2Cl)CC1)N/N=C\c1ccccc1Cl. The molecule has 142 valence electrons. The largest absolute Gasteiger partial charge is 0.296 e. The number of hydrogen-bond donors (Lipinski definition) is 1. The number of halogens is 2. The number of piperazine rings is 1.